The lowest BCUT2D eigenvalue weighted by atomic mass is 9.61. The Morgan fingerprint density at radius 1 is 0.569 bits per heavy atom. The van der Waals surface area contributed by atoms with Crippen molar-refractivity contribution in [1.82, 2.24) is 24.3 Å². The second-order valence-corrected chi connectivity index (χ2v) is 21.4. The van der Waals surface area contributed by atoms with Crippen LogP contribution in [0.2, 0.25) is 0 Å². The van der Waals surface area contributed by atoms with Crippen LogP contribution in [-0.4, -0.2) is 64.4 Å². The van der Waals surface area contributed by atoms with Crippen molar-refractivity contribution in [3.8, 4) is 0 Å². The van der Waals surface area contributed by atoms with Crippen molar-refractivity contribution in [2.75, 3.05) is 26.4 Å². The molecule has 1 aromatic rings. The Morgan fingerprint density at radius 3 is 1.22 bits per heavy atom. The average molecular weight is 816 g/mol. The van der Waals surface area contributed by atoms with Gasteiger partial charge in [-0.05, 0) is 96.2 Å². The predicted molar refractivity (Wildman–Crippen MR) is 224 cm³/mol. The molecule has 0 bridgehead atoms. The number of carbonyl (C=O) groups is 2. The quantitative estimate of drug-likeness (QED) is 0.133. The second kappa shape index (κ2) is 18.1. The van der Waals surface area contributed by atoms with Gasteiger partial charge in [-0.2, -0.15) is 0 Å². The second-order valence-electron chi connectivity index (χ2n) is 21.4. The SMILES string of the molecule is C=COCCOC(=O)NC1CC(C)(C)CC(C)(Cn2c(=O)n(CC3(C)CC(C)CC(C)(C)C3)c(=O)n(CC3(C)CC(NC(=O)OCCOC=C)CC(C)(C)C3)c2=O)C1. The fraction of sp³-hybridized carbons (Fsp3) is 0.795. The summed E-state index contributed by atoms with van der Waals surface area (Å²) in [5, 5.41) is 6.02. The minimum atomic E-state index is -0.639. The predicted octanol–water partition coefficient (Wildman–Crippen LogP) is 6.97. The van der Waals surface area contributed by atoms with E-state index in [1.54, 1.807) is 0 Å². The Hall–Kier alpha value is -3.97. The van der Waals surface area contributed by atoms with Crippen molar-refractivity contribution in [2.45, 2.75) is 159 Å². The van der Waals surface area contributed by atoms with E-state index in [1.165, 1.54) is 26.2 Å². The summed E-state index contributed by atoms with van der Waals surface area (Å²) in [5.74, 6) is 0.403. The summed E-state index contributed by atoms with van der Waals surface area (Å²) < 4.78 is 24.7. The van der Waals surface area contributed by atoms with Gasteiger partial charge < -0.3 is 29.6 Å². The normalized spacial score (nSPS) is 30.0. The minimum Gasteiger partial charge on any atom is -0.498 e. The molecule has 3 saturated carbocycles. The van der Waals surface area contributed by atoms with E-state index >= 15 is 0 Å². The number of ether oxygens (including phenoxy) is 4. The van der Waals surface area contributed by atoms with Crippen LogP contribution in [-0.2, 0) is 38.6 Å². The van der Waals surface area contributed by atoms with Crippen molar-refractivity contribution in [3.63, 3.8) is 0 Å². The molecule has 6 unspecified atom stereocenters. The van der Waals surface area contributed by atoms with Crippen LogP contribution < -0.4 is 27.7 Å². The maximum atomic E-state index is 14.8. The Labute approximate surface area is 345 Å². The number of amides is 2. The third-order valence-corrected chi connectivity index (χ3v) is 12.3. The molecular weight excluding hydrogens is 743 g/mol. The average Bonchev–Trinajstić information content (AvgIpc) is 3.04. The fourth-order valence-corrected chi connectivity index (χ4v) is 12.2. The van der Waals surface area contributed by atoms with Crippen LogP contribution in [0, 0.1) is 38.4 Å². The molecule has 1 aromatic heterocycles. The van der Waals surface area contributed by atoms with Crippen LogP contribution in [0.15, 0.2) is 40.1 Å². The maximum Gasteiger partial charge on any atom is 0.407 e. The van der Waals surface area contributed by atoms with Crippen molar-refractivity contribution in [3.05, 3.63) is 57.1 Å². The molecule has 3 aliphatic rings. The topological polar surface area (TPSA) is 161 Å². The van der Waals surface area contributed by atoms with E-state index in [9.17, 15) is 24.0 Å². The van der Waals surface area contributed by atoms with Crippen molar-refractivity contribution >= 4 is 12.2 Å². The van der Waals surface area contributed by atoms with Gasteiger partial charge in [0.1, 0.15) is 26.4 Å². The standard InChI is InChI=1S/C44H73N5O9/c1-13-55-15-17-57-34(50)45-32-21-40(6,7)26-43(11,23-32)29-48-36(52)47(28-42(10)20-31(3)19-39(4,5)25-42)37(53)49(38(48)54)30-44(12)24-33(22-41(8,9)27-44)46-35(51)58-18-16-56-14-2/h13-14,31-33H,1-2,15-30H2,3-12H3,(H,45,50)(H,46,51). The first kappa shape index (κ1) is 46.7. The summed E-state index contributed by atoms with van der Waals surface area (Å²) in [6, 6.07) is -0.548. The number of aromatic nitrogens is 3. The zero-order chi connectivity index (χ0) is 43.3. The first-order valence-electron chi connectivity index (χ1n) is 21.1. The minimum absolute atomic E-state index is 0.0233. The molecule has 3 fully saturated rings. The molecule has 0 radical (unpaired) electrons. The van der Waals surface area contributed by atoms with Gasteiger partial charge in [0, 0.05) is 31.7 Å². The Morgan fingerprint density at radius 2 is 0.897 bits per heavy atom. The zero-order valence-corrected chi connectivity index (χ0v) is 37.1. The van der Waals surface area contributed by atoms with E-state index in [0.717, 1.165) is 19.3 Å². The fourth-order valence-electron chi connectivity index (χ4n) is 12.2. The van der Waals surface area contributed by atoms with E-state index < -0.39 is 40.1 Å². The van der Waals surface area contributed by atoms with Crippen LogP contribution in [0.4, 0.5) is 9.59 Å². The lowest BCUT2D eigenvalue weighted by Gasteiger charge is -2.47. The molecule has 1 heterocycles. The maximum absolute atomic E-state index is 14.8. The number of alkyl carbamates (subject to hydrolysis) is 2. The molecule has 14 nitrogen and oxygen atoms in total. The van der Waals surface area contributed by atoms with Gasteiger partial charge in [0.2, 0.25) is 0 Å². The molecule has 6 atom stereocenters. The van der Waals surface area contributed by atoms with Gasteiger partial charge in [-0.1, -0.05) is 82.4 Å². The van der Waals surface area contributed by atoms with Gasteiger partial charge in [0.25, 0.3) is 0 Å². The molecule has 2 N–H and O–H groups in total. The highest BCUT2D eigenvalue weighted by Crippen LogP contribution is 2.50. The number of rotatable bonds is 16. The lowest BCUT2D eigenvalue weighted by molar-refractivity contribution is 0.0360. The third kappa shape index (κ3) is 12.8. The number of nitrogens with zero attached hydrogens (tertiary/aromatic N) is 3. The highest BCUT2D eigenvalue weighted by Gasteiger charge is 2.46. The van der Waals surface area contributed by atoms with E-state index in [4.69, 9.17) is 18.9 Å². The van der Waals surface area contributed by atoms with Gasteiger partial charge in [-0.15, -0.1) is 0 Å². The summed E-state index contributed by atoms with van der Waals surface area (Å²) >= 11 is 0. The van der Waals surface area contributed by atoms with Crippen LogP contribution in [0.25, 0.3) is 0 Å². The Balaban J connectivity index is 1.74. The van der Waals surface area contributed by atoms with Crippen molar-refractivity contribution in [2.24, 2.45) is 38.4 Å². The van der Waals surface area contributed by atoms with Crippen molar-refractivity contribution < 1.29 is 28.5 Å². The molecule has 2 amide bonds. The van der Waals surface area contributed by atoms with E-state index in [1.807, 2.05) is 13.8 Å². The van der Waals surface area contributed by atoms with Gasteiger partial charge in [0.05, 0.1) is 12.5 Å². The molecule has 0 aromatic carbocycles. The molecule has 3 aliphatic carbocycles. The number of nitrogens with one attached hydrogen (secondary N) is 2. The van der Waals surface area contributed by atoms with Gasteiger partial charge >= 0.3 is 29.3 Å². The van der Waals surface area contributed by atoms with Crippen LogP contribution in [0.3, 0.4) is 0 Å². The van der Waals surface area contributed by atoms with Crippen LogP contribution in [0.1, 0.15) is 127 Å². The number of hydrogen-bond donors (Lipinski definition) is 2. The molecule has 14 heteroatoms. The summed E-state index contributed by atoms with van der Waals surface area (Å²) in [6.45, 7) is 29.3. The largest absolute Gasteiger partial charge is 0.498 e. The lowest BCUT2D eigenvalue weighted by Crippen LogP contribution is -2.60. The Kier molecular flexibility index (Phi) is 14.6. The van der Waals surface area contributed by atoms with Gasteiger partial charge in [-0.3, -0.25) is 0 Å². The summed E-state index contributed by atoms with van der Waals surface area (Å²) in [7, 11) is 0. The first-order valence-corrected chi connectivity index (χ1v) is 21.1. The molecular formula is C44H73N5O9. The molecule has 58 heavy (non-hydrogen) atoms. The highest BCUT2D eigenvalue weighted by atomic mass is 16.6. The molecule has 0 spiro atoms. The Bertz CT molecular complexity index is 1720. The number of carbonyl (C=O) groups excluding carboxylic acids is 2. The zero-order valence-electron chi connectivity index (χ0n) is 37.1. The first-order chi connectivity index (χ1) is 26.8. The van der Waals surface area contributed by atoms with Gasteiger partial charge in [0.15, 0.2) is 0 Å². The van der Waals surface area contributed by atoms with Crippen LogP contribution >= 0.6 is 0 Å². The molecule has 0 aliphatic heterocycles. The number of hydrogen-bond acceptors (Lipinski definition) is 9. The molecule has 0 saturated heterocycles. The smallest absolute Gasteiger partial charge is 0.407 e. The van der Waals surface area contributed by atoms with Crippen molar-refractivity contribution in [1.29, 1.82) is 0 Å². The molecule has 328 valence electrons. The van der Waals surface area contributed by atoms with Crippen LogP contribution in [0.5, 0.6) is 0 Å². The van der Waals surface area contributed by atoms with E-state index in [-0.39, 0.29) is 79.8 Å². The molecule has 4 rings (SSSR count). The van der Waals surface area contributed by atoms with E-state index in [2.05, 4.69) is 79.2 Å². The highest BCUT2D eigenvalue weighted by molar-refractivity contribution is 5.68. The van der Waals surface area contributed by atoms with E-state index in [0.29, 0.717) is 44.4 Å². The summed E-state index contributed by atoms with van der Waals surface area (Å²) in [5.41, 5.74) is -3.84. The summed E-state index contributed by atoms with van der Waals surface area (Å²) in [6.07, 6.45) is 7.94. The summed E-state index contributed by atoms with van der Waals surface area (Å²) in [4.78, 5) is 69.9. The monoisotopic (exact) mass is 816 g/mol. The third-order valence-electron chi connectivity index (χ3n) is 12.3. The van der Waals surface area contributed by atoms with Gasteiger partial charge in [-0.25, -0.2) is 37.7 Å².